The lowest BCUT2D eigenvalue weighted by molar-refractivity contribution is 0.636. The maximum Gasteiger partial charge on any atom is 0.0253 e. The summed E-state index contributed by atoms with van der Waals surface area (Å²) in [5.41, 5.74) is 6.93. The van der Waals surface area contributed by atoms with E-state index >= 15 is 0 Å². The monoisotopic (exact) mass is 481 g/mol. The van der Waals surface area contributed by atoms with E-state index in [9.17, 15) is 0 Å². The summed E-state index contributed by atoms with van der Waals surface area (Å²) in [5.74, 6) is 1.16. The molecule has 0 amide bonds. The van der Waals surface area contributed by atoms with Gasteiger partial charge in [0.1, 0.15) is 0 Å². The Balaban J connectivity index is 1.54. The summed E-state index contributed by atoms with van der Waals surface area (Å²) in [6.07, 6.45) is 12.5. The van der Waals surface area contributed by atoms with Crippen molar-refractivity contribution in [3.8, 4) is 0 Å². The van der Waals surface area contributed by atoms with Gasteiger partial charge in [-0.05, 0) is 94.7 Å². The molecule has 0 saturated carbocycles. The minimum atomic E-state index is 0.752. The van der Waals surface area contributed by atoms with Crippen LogP contribution in [0, 0.1) is 5.41 Å². The number of nitrogens with one attached hydrogen (secondary N) is 1. The number of benzene rings is 3. The molecule has 3 rings (SSSR count). The Morgan fingerprint density at radius 3 is 2.29 bits per heavy atom. The van der Waals surface area contributed by atoms with Gasteiger partial charge in [-0.1, -0.05) is 94.0 Å². The first kappa shape index (κ1) is 26.8. The average molecular weight is 482 g/mol. The number of unbranched alkanes of at least 4 members (excludes halogenated alkanes) is 4. The molecule has 0 spiro atoms. The predicted molar refractivity (Wildman–Crippen MR) is 158 cm³/mol. The third-order valence-corrected chi connectivity index (χ3v) is 7.76. The van der Waals surface area contributed by atoms with E-state index < -0.39 is 0 Å². The number of fused-ring (bicyclic) bond motifs is 1. The van der Waals surface area contributed by atoms with Crippen LogP contribution in [0.15, 0.2) is 90.9 Å². The standard InChI is InChI=1S/C33H39NS/c1-5-25(3)14-10-8-7-9-13-21-35-30-19-17-28(18-20-30)26(4)22-33-29(24-34)23-27(6-2)31-15-11-12-16-32(31)33/h5,11-12,15-20,23-24,34H,1,3-4,6-10,13-14,21-22H2,2H3. The lowest BCUT2D eigenvalue weighted by Crippen LogP contribution is -2.00. The Morgan fingerprint density at radius 2 is 1.60 bits per heavy atom. The van der Waals surface area contributed by atoms with Gasteiger partial charge >= 0.3 is 0 Å². The van der Waals surface area contributed by atoms with Crippen LogP contribution in [0.1, 0.15) is 67.7 Å². The largest absolute Gasteiger partial charge is 0.308 e. The quantitative estimate of drug-likeness (QED) is 0.0992. The normalized spacial score (nSPS) is 10.9. The van der Waals surface area contributed by atoms with Gasteiger partial charge < -0.3 is 5.41 Å². The second kappa shape index (κ2) is 13.9. The van der Waals surface area contributed by atoms with Gasteiger partial charge in [-0.3, -0.25) is 0 Å². The molecule has 35 heavy (non-hydrogen) atoms. The molecule has 0 aliphatic heterocycles. The molecule has 3 aromatic rings. The molecule has 0 fully saturated rings. The molecule has 3 aromatic carbocycles. The SMILES string of the molecule is C=CC(=C)CCCCCCCSc1ccc(C(=C)Cc2c(C=N)cc(CC)c3ccccc23)cc1. The fourth-order valence-corrected chi connectivity index (χ4v) is 5.44. The van der Waals surface area contributed by atoms with Crippen molar-refractivity contribution in [3.63, 3.8) is 0 Å². The summed E-state index contributed by atoms with van der Waals surface area (Å²) in [5, 5.41) is 10.5. The highest BCUT2D eigenvalue weighted by Crippen LogP contribution is 2.31. The minimum Gasteiger partial charge on any atom is -0.308 e. The number of hydrogen-bond acceptors (Lipinski definition) is 2. The summed E-state index contributed by atoms with van der Waals surface area (Å²) in [7, 11) is 0. The van der Waals surface area contributed by atoms with Crippen molar-refractivity contribution in [3.05, 3.63) is 108 Å². The molecular weight excluding hydrogens is 442 g/mol. The van der Waals surface area contributed by atoms with Gasteiger partial charge in [0.2, 0.25) is 0 Å². The van der Waals surface area contributed by atoms with Gasteiger partial charge in [-0.2, -0.15) is 0 Å². The molecule has 0 aliphatic carbocycles. The number of hydrogen-bond donors (Lipinski definition) is 1. The summed E-state index contributed by atoms with van der Waals surface area (Å²) < 4.78 is 0. The fraction of sp³-hybridized carbons (Fsp3) is 0.303. The van der Waals surface area contributed by atoms with Crippen molar-refractivity contribution >= 4 is 34.3 Å². The second-order valence-corrected chi connectivity index (χ2v) is 10.3. The molecule has 0 heterocycles. The van der Waals surface area contributed by atoms with E-state index in [4.69, 9.17) is 5.41 Å². The van der Waals surface area contributed by atoms with Crippen molar-refractivity contribution < 1.29 is 0 Å². The number of aryl methyl sites for hydroxylation is 1. The summed E-state index contributed by atoms with van der Waals surface area (Å²) in [6.45, 7) is 14.3. The van der Waals surface area contributed by atoms with Crippen LogP contribution < -0.4 is 0 Å². The second-order valence-electron chi connectivity index (χ2n) is 9.18. The first-order valence-electron chi connectivity index (χ1n) is 12.8. The Labute approximate surface area is 216 Å². The van der Waals surface area contributed by atoms with E-state index in [0.717, 1.165) is 41.7 Å². The van der Waals surface area contributed by atoms with E-state index in [0.29, 0.717) is 0 Å². The molecule has 1 N–H and O–H groups in total. The van der Waals surface area contributed by atoms with Crippen LogP contribution in [0.3, 0.4) is 0 Å². The maximum absolute atomic E-state index is 8.00. The first-order valence-corrected chi connectivity index (χ1v) is 13.8. The van der Waals surface area contributed by atoms with Crippen LogP contribution >= 0.6 is 11.8 Å². The Bertz CT molecular complexity index is 1170. The number of allylic oxidation sites excluding steroid dienone is 3. The third kappa shape index (κ3) is 7.57. The van der Waals surface area contributed by atoms with Crippen molar-refractivity contribution in [1.29, 1.82) is 5.41 Å². The number of rotatable bonds is 15. The molecule has 1 nitrogen and oxygen atoms in total. The summed E-state index contributed by atoms with van der Waals surface area (Å²) >= 11 is 1.94. The van der Waals surface area contributed by atoms with Gasteiger partial charge in [-0.25, -0.2) is 0 Å². The van der Waals surface area contributed by atoms with E-state index in [2.05, 4.69) is 81.3 Å². The molecule has 0 atom stereocenters. The average Bonchev–Trinajstić information content (AvgIpc) is 2.90. The van der Waals surface area contributed by atoms with Crippen molar-refractivity contribution in [2.75, 3.05) is 5.75 Å². The van der Waals surface area contributed by atoms with Gasteiger partial charge in [-0.15, -0.1) is 11.8 Å². The van der Waals surface area contributed by atoms with Gasteiger partial charge in [0.15, 0.2) is 0 Å². The van der Waals surface area contributed by atoms with Gasteiger partial charge in [0.25, 0.3) is 0 Å². The van der Waals surface area contributed by atoms with Crippen molar-refractivity contribution in [1.82, 2.24) is 0 Å². The highest BCUT2D eigenvalue weighted by atomic mass is 32.2. The smallest absolute Gasteiger partial charge is 0.0253 e. The third-order valence-electron chi connectivity index (χ3n) is 6.67. The zero-order valence-electron chi connectivity index (χ0n) is 21.2. The predicted octanol–water partition coefficient (Wildman–Crippen LogP) is 9.83. The fourth-order valence-electron chi connectivity index (χ4n) is 4.53. The molecule has 0 aliphatic rings. The highest BCUT2D eigenvalue weighted by Gasteiger charge is 2.12. The zero-order valence-corrected chi connectivity index (χ0v) is 22.1. The highest BCUT2D eigenvalue weighted by molar-refractivity contribution is 7.99. The molecule has 0 radical (unpaired) electrons. The molecule has 0 saturated heterocycles. The molecule has 2 heteroatoms. The molecule has 0 unspecified atom stereocenters. The van der Waals surface area contributed by atoms with Crippen molar-refractivity contribution in [2.45, 2.75) is 63.2 Å². The molecule has 0 aromatic heterocycles. The van der Waals surface area contributed by atoms with Crippen LogP contribution in [0.4, 0.5) is 0 Å². The van der Waals surface area contributed by atoms with E-state index in [1.807, 2.05) is 17.8 Å². The van der Waals surface area contributed by atoms with Crippen molar-refractivity contribution in [2.24, 2.45) is 0 Å². The van der Waals surface area contributed by atoms with E-state index in [1.165, 1.54) is 70.7 Å². The topological polar surface area (TPSA) is 23.9 Å². The Hall–Kier alpha value is -2.84. The van der Waals surface area contributed by atoms with Crippen LogP contribution in [0.2, 0.25) is 0 Å². The van der Waals surface area contributed by atoms with Crippen LogP contribution in [-0.2, 0) is 12.8 Å². The minimum absolute atomic E-state index is 0.752. The zero-order chi connectivity index (χ0) is 25.0. The van der Waals surface area contributed by atoms with E-state index in [1.54, 1.807) is 0 Å². The van der Waals surface area contributed by atoms with Gasteiger partial charge in [0.05, 0.1) is 0 Å². The Kier molecular flexibility index (Phi) is 10.6. The van der Waals surface area contributed by atoms with Crippen LogP contribution in [0.25, 0.3) is 16.3 Å². The molecule has 182 valence electrons. The maximum atomic E-state index is 8.00. The number of thioether (sulfide) groups is 1. The van der Waals surface area contributed by atoms with E-state index in [-0.39, 0.29) is 0 Å². The molecule has 0 bridgehead atoms. The lowest BCUT2D eigenvalue weighted by Gasteiger charge is -2.15. The first-order chi connectivity index (χ1) is 17.1. The van der Waals surface area contributed by atoms with Gasteiger partial charge in [0, 0.05) is 11.1 Å². The Morgan fingerprint density at radius 1 is 0.914 bits per heavy atom. The van der Waals surface area contributed by atoms with Crippen LogP contribution in [0.5, 0.6) is 0 Å². The van der Waals surface area contributed by atoms with Crippen LogP contribution in [-0.4, -0.2) is 12.0 Å². The molecular formula is C33H39NS. The summed E-state index contributed by atoms with van der Waals surface area (Å²) in [6, 6.07) is 19.6. The lowest BCUT2D eigenvalue weighted by atomic mass is 9.89. The summed E-state index contributed by atoms with van der Waals surface area (Å²) in [4.78, 5) is 1.32.